The highest BCUT2D eigenvalue weighted by molar-refractivity contribution is 4.77. The summed E-state index contributed by atoms with van der Waals surface area (Å²) >= 11 is 0. The summed E-state index contributed by atoms with van der Waals surface area (Å²) in [7, 11) is 0. The van der Waals surface area contributed by atoms with Crippen LogP contribution in [0.1, 0.15) is 39.0 Å². The van der Waals surface area contributed by atoms with E-state index < -0.39 is 6.36 Å². The van der Waals surface area contributed by atoms with Crippen molar-refractivity contribution in [2.75, 3.05) is 13.2 Å². The van der Waals surface area contributed by atoms with E-state index in [9.17, 15) is 13.2 Å². The minimum Gasteiger partial charge on any atom is -0.312 e. The summed E-state index contributed by atoms with van der Waals surface area (Å²) in [6.45, 7) is 2.15. The number of hydrogen-bond donors (Lipinski definition) is 1. The lowest BCUT2D eigenvalue weighted by atomic mass is 9.84. The third kappa shape index (κ3) is 5.70. The molecule has 2 unspecified atom stereocenters. The third-order valence-corrected chi connectivity index (χ3v) is 3.16. The van der Waals surface area contributed by atoms with Crippen molar-refractivity contribution < 1.29 is 17.9 Å². The van der Waals surface area contributed by atoms with Crippen LogP contribution in [0, 0.1) is 5.92 Å². The molecule has 0 amide bonds. The van der Waals surface area contributed by atoms with Crippen molar-refractivity contribution in [3.05, 3.63) is 0 Å². The second-order valence-electron chi connectivity index (χ2n) is 4.39. The molecular weight excluding hydrogens is 219 g/mol. The van der Waals surface area contributed by atoms with E-state index >= 15 is 0 Å². The molecule has 2 atom stereocenters. The number of hydrogen-bond acceptors (Lipinski definition) is 2. The van der Waals surface area contributed by atoms with E-state index in [2.05, 4.69) is 17.0 Å². The van der Waals surface area contributed by atoms with Crippen LogP contribution in [-0.4, -0.2) is 25.6 Å². The van der Waals surface area contributed by atoms with Crippen molar-refractivity contribution in [3.8, 4) is 0 Å². The van der Waals surface area contributed by atoms with Gasteiger partial charge in [-0.15, -0.1) is 13.2 Å². The van der Waals surface area contributed by atoms with Gasteiger partial charge >= 0.3 is 6.36 Å². The Morgan fingerprint density at radius 3 is 2.69 bits per heavy atom. The SMILES string of the molecule is CCC1CCCC(NCCOC(F)(F)F)C1. The molecule has 0 radical (unpaired) electrons. The molecule has 5 heteroatoms. The Morgan fingerprint density at radius 1 is 1.31 bits per heavy atom. The van der Waals surface area contributed by atoms with Crippen molar-refractivity contribution >= 4 is 0 Å². The topological polar surface area (TPSA) is 21.3 Å². The first-order chi connectivity index (χ1) is 7.51. The van der Waals surface area contributed by atoms with Crippen LogP contribution in [0.2, 0.25) is 0 Å². The zero-order valence-corrected chi connectivity index (χ0v) is 9.65. The lowest BCUT2D eigenvalue weighted by Gasteiger charge is -2.29. The molecule has 0 aromatic carbocycles. The van der Waals surface area contributed by atoms with Gasteiger partial charge in [0, 0.05) is 12.6 Å². The van der Waals surface area contributed by atoms with Crippen LogP contribution in [-0.2, 0) is 4.74 Å². The Kier molecular flexibility index (Phi) is 5.55. The lowest BCUT2D eigenvalue weighted by Crippen LogP contribution is -2.36. The third-order valence-electron chi connectivity index (χ3n) is 3.16. The van der Waals surface area contributed by atoms with Gasteiger partial charge in [-0.2, -0.15) is 0 Å². The van der Waals surface area contributed by atoms with E-state index in [-0.39, 0.29) is 13.2 Å². The highest BCUT2D eigenvalue weighted by Crippen LogP contribution is 2.26. The zero-order chi connectivity index (χ0) is 12.0. The van der Waals surface area contributed by atoms with Crippen LogP contribution in [0.5, 0.6) is 0 Å². The molecule has 1 rings (SSSR count). The van der Waals surface area contributed by atoms with Crippen LogP contribution in [0.25, 0.3) is 0 Å². The van der Waals surface area contributed by atoms with Crippen molar-refractivity contribution in [2.24, 2.45) is 5.92 Å². The van der Waals surface area contributed by atoms with Gasteiger partial charge in [0.2, 0.25) is 0 Å². The second-order valence-corrected chi connectivity index (χ2v) is 4.39. The fourth-order valence-electron chi connectivity index (χ4n) is 2.28. The second kappa shape index (κ2) is 6.45. The van der Waals surface area contributed by atoms with Crippen LogP contribution in [0.15, 0.2) is 0 Å². The van der Waals surface area contributed by atoms with Gasteiger partial charge in [-0.1, -0.05) is 26.2 Å². The molecule has 0 bridgehead atoms. The van der Waals surface area contributed by atoms with Gasteiger partial charge < -0.3 is 5.32 Å². The Morgan fingerprint density at radius 2 is 2.06 bits per heavy atom. The van der Waals surface area contributed by atoms with E-state index in [0.717, 1.165) is 25.2 Å². The first-order valence-corrected chi connectivity index (χ1v) is 5.95. The van der Waals surface area contributed by atoms with Crippen molar-refractivity contribution in [1.29, 1.82) is 0 Å². The summed E-state index contributed by atoms with van der Waals surface area (Å²) in [5.41, 5.74) is 0. The van der Waals surface area contributed by atoms with Crippen LogP contribution >= 0.6 is 0 Å². The number of ether oxygens (including phenoxy) is 1. The Balaban J connectivity index is 2.08. The van der Waals surface area contributed by atoms with Gasteiger partial charge in [0.15, 0.2) is 0 Å². The van der Waals surface area contributed by atoms with Gasteiger partial charge in [0.25, 0.3) is 0 Å². The first kappa shape index (κ1) is 13.8. The molecule has 2 nitrogen and oxygen atoms in total. The molecule has 1 fully saturated rings. The number of halogens is 3. The highest BCUT2D eigenvalue weighted by Gasteiger charge is 2.28. The molecular formula is C11H20F3NO. The summed E-state index contributed by atoms with van der Waals surface area (Å²) < 4.78 is 38.8. The van der Waals surface area contributed by atoms with E-state index in [1.54, 1.807) is 0 Å². The van der Waals surface area contributed by atoms with E-state index in [1.807, 2.05) is 0 Å². The maximum Gasteiger partial charge on any atom is 0.522 e. The fraction of sp³-hybridized carbons (Fsp3) is 1.00. The summed E-state index contributed by atoms with van der Waals surface area (Å²) in [4.78, 5) is 0. The standard InChI is InChI=1S/C11H20F3NO/c1-2-9-4-3-5-10(8-9)15-6-7-16-11(12,13)14/h9-10,15H,2-8H2,1H3. The zero-order valence-electron chi connectivity index (χ0n) is 9.65. The monoisotopic (exact) mass is 239 g/mol. The Labute approximate surface area is 94.5 Å². The normalized spacial score (nSPS) is 27.0. The lowest BCUT2D eigenvalue weighted by molar-refractivity contribution is -0.323. The molecule has 0 spiro atoms. The summed E-state index contributed by atoms with van der Waals surface area (Å²) in [5.74, 6) is 0.731. The predicted octanol–water partition coefficient (Wildman–Crippen LogP) is 3.08. The minimum absolute atomic E-state index is 0.278. The van der Waals surface area contributed by atoms with Gasteiger partial charge in [-0.05, 0) is 18.8 Å². The van der Waals surface area contributed by atoms with Crippen molar-refractivity contribution in [2.45, 2.75) is 51.4 Å². The summed E-state index contributed by atoms with van der Waals surface area (Å²) in [5, 5.41) is 3.13. The first-order valence-electron chi connectivity index (χ1n) is 5.95. The molecule has 16 heavy (non-hydrogen) atoms. The molecule has 96 valence electrons. The molecule has 0 aliphatic heterocycles. The molecule has 0 saturated heterocycles. The maximum absolute atomic E-state index is 11.7. The number of nitrogens with one attached hydrogen (secondary N) is 1. The average Bonchev–Trinajstić information content (AvgIpc) is 2.23. The molecule has 1 N–H and O–H groups in total. The highest BCUT2D eigenvalue weighted by atomic mass is 19.4. The van der Waals surface area contributed by atoms with Crippen LogP contribution in [0.4, 0.5) is 13.2 Å². The molecule has 1 aliphatic rings. The summed E-state index contributed by atoms with van der Waals surface area (Å²) in [6.07, 6.45) is 1.26. The van der Waals surface area contributed by atoms with E-state index in [0.29, 0.717) is 6.04 Å². The van der Waals surface area contributed by atoms with Gasteiger partial charge in [-0.25, -0.2) is 0 Å². The van der Waals surface area contributed by atoms with Crippen molar-refractivity contribution in [3.63, 3.8) is 0 Å². The van der Waals surface area contributed by atoms with Gasteiger partial charge in [-0.3, -0.25) is 4.74 Å². The smallest absolute Gasteiger partial charge is 0.312 e. The Bertz CT molecular complexity index is 196. The quantitative estimate of drug-likeness (QED) is 0.744. The van der Waals surface area contributed by atoms with Gasteiger partial charge in [0.1, 0.15) is 0 Å². The minimum atomic E-state index is -4.50. The number of alkyl halides is 3. The maximum atomic E-state index is 11.7. The summed E-state index contributed by atoms with van der Waals surface area (Å²) in [6, 6.07) is 0.371. The van der Waals surface area contributed by atoms with Gasteiger partial charge in [0.05, 0.1) is 6.61 Å². The Hall–Kier alpha value is -0.290. The molecule has 0 heterocycles. The van der Waals surface area contributed by atoms with Crippen LogP contribution in [0.3, 0.4) is 0 Å². The average molecular weight is 239 g/mol. The molecule has 0 aromatic rings. The largest absolute Gasteiger partial charge is 0.522 e. The predicted molar refractivity (Wildman–Crippen MR) is 56.0 cm³/mol. The van der Waals surface area contributed by atoms with Crippen molar-refractivity contribution in [1.82, 2.24) is 5.32 Å². The van der Waals surface area contributed by atoms with E-state index in [4.69, 9.17) is 0 Å². The molecule has 1 aliphatic carbocycles. The molecule has 0 aromatic heterocycles. The van der Waals surface area contributed by atoms with Crippen LogP contribution < -0.4 is 5.32 Å². The molecule has 1 saturated carbocycles. The van der Waals surface area contributed by atoms with E-state index in [1.165, 1.54) is 12.8 Å². The fourth-order valence-corrected chi connectivity index (χ4v) is 2.28. The number of rotatable bonds is 5.